The second-order valence-electron chi connectivity index (χ2n) is 6.54. The van der Waals surface area contributed by atoms with Gasteiger partial charge in [0.15, 0.2) is 0 Å². The average molecular weight is 352 g/mol. The van der Waals surface area contributed by atoms with E-state index in [2.05, 4.69) is 6.08 Å². The topological polar surface area (TPSA) is 74.6 Å². The maximum absolute atomic E-state index is 11.2. The van der Waals surface area contributed by atoms with Gasteiger partial charge in [-0.1, -0.05) is 55.5 Å². The normalized spacial score (nSPS) is 21.1. The lowest BCUT2D eigenvalue weighted by Crippen LogP contribution is -2.21. The number of rotatable bonds is 6. The van der Waals surface area contributed by atoms with Crippen molar-refractivity contribution in [3.63, 3.8) is 0 Å². The molecule has 0 saturated heterocycles. The summed E-state index contributed by atoms with van der Waals surface area (Å²) in [6, 6.07) is 5.17. The van der Waals surface area contributed by atoms with Crippen LogP contribution >= 0.6 is 0 Å². The standard InChI is InChI=1S/C22H24O4/c1-4-5-6-7-20(18-10-8-16(21(23)24)12-14(18)2)19-11-9-17(22(25)26)13-15(19)3/h4-14,18,20H,1-3H3,(H,23,24)(H,25,26)/b5-4-,7-6-. The number of allylic oxidation sites excluding steroid dienone is 6. The third-order valence-corrected chi connectivity index (χ3v) is 4.71. The number of hydrogen-bond acceptors (Lipinski definition) is 2. The zero-order valence-corrected chi connectivity index (χ0v) is 15.2. The van der Waals surface area contributed by atoms with E-state index >= 15 is 0 Å². The quantitative estimate of drug-likeness (QED) is 0.725. The van der Waals surface area contributed by atoms with Crippen molar-refractivity contribution >= 4 is 11.9 Å². The average Bonchev–Trinajstić information content (AvgIpc) is 2.59. The number of benzene rings is 1. The molecule has 0 aliphatic heterocycles. The maximum atomic E-state index is 11.2. The lowest BCUT2D eigenvalue weighted by atomic mass is 9.74. The lowest BCUT2D eigenvalue weighted by Gasteiger charge is -2.30. The van der Waals surface area contributed by atoms with Gasteiger partial charge in [0.1, 0.15) is 0 Å². The summed E-state index contributed by atoms with van der Waals surface area (Å²) < 4.78 is 0. The summed E-state index contributed by atoms with van der Waals surface area (Å²) in [5.41, 5.74) is 2.53. The molecule has 2 rings (SSSR count). The van der Waals surface area contributed by atoms with Crippen LogP contribution in [0.25, 0.3) is 0 Å². The van der Waals surface area contributed by atoms with Crippen LogP contribution in [0.3, 0.4) is 0 Å². The Bertz CT molecular complexity index is 811. The first-order valence-corrected chi connectivity index (χ1v) is 8.61. The predicted octanol–water partition coefficient (Wildman–Crippen LogP) is 4.74. The molecule has 1 aromatic carbocycles. The molecule has 3 unspecified atom stereocenters. The first-order valence-electron chi connectivity index (χ1n) is 8.61. The summed E-state index contributed by atoms with van der Waals surface area (Å²) in [5.74, 6) is -1.71. The molecule has 26 heavy (non-hydrogen) atoms. The van der Waals surface area contributed by atoms with Gasteiger partial charge in [-0.3, -0.25) is 0 Å². The van der Waals surface area contributed by atoms with Crippen LogP contribution < -0.4 is 0 Å². The third kappa shape index (κ3) is 4.39. The minimum absolute atomic E-state index is 0.0203. The molecule has 0 bridgehead atoms. The molecule has 0 aromatic heterocycles. The Morgan fingerprint density at radius 2 is 1.88 bits per heavy atom. The molecule has 4 nitrogen and oxygen atoms in total. The van der Waals surface area contributed by atoms with Crippen LogP contribution in [0.4, 0.5) is 0 Å². The van der Waals surface area contributed by atoms with Crippen LogP contribution in [-0.4, -0.2) is 22.2 Å². The summed E-state index contributed by atoms with van der Waals surface area (Å²) in [6.45, 7) is 5.86. The molecule has 4 heteroatoms. The zero-order valence-electron chi connectivity index (χ0n) is 15.2. The van der Waals surface area contributed by atoms with E-state index in [-0.39, 0.29) is 23.3 Å². The van der Waals surface area contributed by atoms with Crippen molar-refractivity contribution in [2.45, 2.75) is 26.7 Å². The van der Waals surface area contributed by atoms with Gasteiger partial charge in [0.05, 0.1) is 11.1 Å². The number of aromatic carboxylic acids is 1. The smallest absolute Gasteiger partial charge is 0.335 e. The minimum atomic E-state index is -0.944. The number of carboxylic acids is 2. The molecule has 0 amide bonds. The molecule has 1 aromatic rings. The molecule has 136 valence electrons. The van der Waals surface area contributed by atoms with Gasteiger partial charge >= 0.3 is 11.9 Å². The third-order valence-electron chi connectivity index (χ3n) is 4.71. The molecule has 0 radical (unpaired) electrons. The summed E-state index contributed by atoms with van der Waals surface area (Å²) in [7, 11) is 0. The molecule has 0 spiro atoms. The molecule has 0 saturated carbocycles. The summed E-state index contributed by atoms with van der Waals surface area (Å²) >= 11 is 0. The highest BCUT2D eigenvalue weighted by Crippen LogP contribution is 2.38. The van der Waals surface area contributed by atoms with Gasteiger partial charge in [-0.2, -0.15) is 0 Å². The highest BCUT2D eigenvalue weighted by molar-refractivity contribution is 5.90. The van der Waals surface area contributed by atoms with Crippen LogP contribution in [0.15, 0.2) is 66.3 Å². The highest BCUT2D eigenvalue weighted by Gasteiger charge is 2.28. The van der Waals surface area contributed by atoms with Gasteiger partial charge in [0, 0.05) is 5.92 Å². The first kappa shape index (κ1) is 19.4. The molecule has 3 atom stereocenters. The van der Waals surface area contributed by atoms with E-state index in [9.17, 15) is 19.8 Å². The SMILES string of the molecule is C/C=C\C=C/C(c1ccc(C(=O)O)cc1C)C1C=CC(C(=O)O)=CC1C. The van der Waals surface area contributed by atoms with E-state index < -0.39 is 11.9 Å². The van der Waals surface area contributed by atoms with Crippen LogP contribution in [0.2, 0.25) is 0 Å². The molecular weight excluding hydrogens is 328 g/mol. The Morgan fingerprint density at radius 1 is 1.15 bits per heavy atom. The van der Waals surface area contributed by atoms with Crippen molar-refractivity contribution in [2.75, 3.05) is 0 Å². The Kier molecular flexibility index (Phi) is 6.34. The molecule has 0 heterocycles. The molecule has 0 fully saturated rings. The van der Waals surface area contributed by atoms with Crippen molar-refractivity contribution in [1.29, 1.82) is 0 Å². The van der Waals surface area contributed by atoms with E-state index in [1.54, 1.807) is 24.3 Å². The maximum Gasteiger partial charge on any atom is 0.335 e. The van der Waals surface area contributed by atoms with Crippen LogP contribution in [-0.2, 0) is 4.79 Å². The van der Waals surface area contributed by atoms with Crippen LogP contribution in [0.5, 0.6) is 0 Å². The monoisotopic (exact) mass is 352 g/mol. The van der Waals surface area contributed by atoms with E-state index in [0.717, 1.165) is 11.1 Å². The van der Waals surface area contributed by atoms with E-state index in [1.165, 1.54) is 0 Å². The predicted molar refractivity (Wildman–Crippen MR) is 102 cm³/mol. The lowest BCUT2D eigenvalue weighted by molar-refractivity contribution is -0.132. The summed E-state index contributed by atoms with van der Waals surface area (Å²) in [4.78, 5) is 22.4. The first-order chi connectivity index (χ1) is 12.3. The second kappa shape index (κ2) is 8.48. The van der Waals surface area contributed by atoms with Gasteiger partial charge in [-0.05, 0) is 48.9 Å². The fraction of sp³-hybridized carbons (Fsp3) is 0.273. The Labute approximate surface area is 153 Å². The van der Waals surface area contributed by atoms with Crippen LogP contribution in [0.1, 0.15) is 41.3 Å². The fourth-order valence-electron chi connectivity index (χ4n) is 3.35. The second-order valence-corrected chi connectivity index (χ2v) is 6.54. The molecule has 2 N–H and O–H groups in total. The number of carboxylic acid groups (broad SMARTS) is 2. The number of hydrogen-bond donors (Lipinski definition) is 2. The van der Waals surface area contributed by atoms with Crippen molar-refractivity contribution in [2.24, 2.45) is 11.8 Å². The van der Waals surface area contributed by atoms with Gasteiger partial charge in [0.2, 0.25) is 0 Å². The Hall–Kier alpha value is -2.88. The van der Waals surface area contributed by atoms with Crippen molar-refractivity contribution in [3.8, 4) is 0 Å². The number of carbonyl (C=O) groups is 2. The largest absolute Gasteiger partial charge is 0.478 e. The van der Waals surface area contributed by atoms with E-state index in [1.807, 2.05) is 51.1 Å². The molecule has 1 aliphatic rings. The van der Waals surface area contributed by atoms with Crippen molar-refractivity contribution in [3.05, 3.63) is 83.0 Å². The van der Waals surface area contributed by atoms with E-state index in [4.69, 9.17) is 0 Å². The fourth-order valence-corrected chi connectivity index (χ4v) is 3.35. The summed E-state index contributed by atoms with van der Waals surface area (Å²) in [6.07, 6.45) is 13.3. The Balaban J connectivity index is 2.44. The van der Waals surface area contributed by atoms with Crippen LogP contribution in [0, 0.1) is 18.8 Å². The van der Waals surface area contributed by atoms with E-state index in [0.29, 0.717) is 5.57 Å². The summed E-state index contributed by atoms with van der Waals surface area (Å²) in [5, 5.41) is 18.4. The molecule has 1 aliphatic carbocycles. The highest BCUT2D eigenvalue weighted by atomic mass is 16.4. The van der Waals surface area contributed by atoms with Gasteiger partial charge in [-0.25, -0.2) is 9.59 Å². The molecular formula is C22H24O4. The van der Waals surface area contributed by atoms with Gasteiger partial charge in [-0.15, -0.1) is 0 Å². The minimum Gasteiger partial charge on any atom is -0.478 e. The number of aryl methyl sites for hydroxylation is 1. The van der Waals surface area contributed by atoms with Gasteiger partial charge < -0.3 is 10.2 Å². The van der Waals surface area contributed by atoms with Crippen molar-refractivity contribution in [1.82, 2.24) is 0 Å². The number of aliphatic carboxylic acids is 1. The van der Waals surface area contributed by atoms with Crippen molar-refractivity contribution < 1.29 is 19.8 Å². The Morgan fingerprint density at radius 3 is 2.42 bits per heavy atom. The zero-order chi connectivity index (χ0) is 19.3. The van der Waals surface area contributed by atoms with Gasteiger partial charge in [0.25, 0.3) is 0 Å².